The summed E-state index contributed by atoms with van der Waals surface area (Å²) in [6, 6.07) is 0. The zero-order chi connectivity index (χ0) is 25.1. The Labute approximate surface area is 206 Å². The van der Waals surface area contributed by atoms with E-state index in [1.165, 1.54) is 5.57 Å². The predicted molar refractivity (Wildman–Crippen MR) is 133 cm³/mol. The summed E-state index contributed by atoms with van der Waals surface area (Å²) < 4.78 is 0. The van der Waals surface area contributed by atoms with Crippen LogP contribution in [-0.2, 0) is 9.59 Å². The van der Waals surface area contributed by atoms with Crippen LogP contribution < -0.4 is 0 Å². The number of hydrogen-bond acceptors (Lipinski definition) is 3. The molecule has 0 spiro atoms. The molecule has 4 saturated carbocycles. The van der Waals surface area contributed by atoms with E-state index in [1.807, 2.05) is 13.0 Å². The molecule has 4 heteroatoms. The molecule has 0 aromatic rings. The van der Waals surface area contributed by atoms with Gasteiger partial charge in [0.05, 0.1) is 11.5 Å². The Morgan fingerprint density at radius 1 is 0.912 bits per heavy atom. The number of hydrogen-bond donors (Lipinski definition) is 2. The highest BCUT2D eigenvalue weighted by Gasteiger charge is 2.70. The van der Waals surface area contributed by atoms with Gasteiger partial charge in [0.15, 0.2) is 5.78 Å². The molecule has 4 fully saturated rings. The van der Waals surface area contributed by atoms with Crippen molar-refractivity contribution in [2.45, 2.75) is 112 Å². The smallest absolute Gasteiger partial charge is 0.309 e. The summed E-state index contributed by atoms with van der Waals surface area (Å²) in [5.74, 6) is 0.0603. The molecule has 34 heavy (non-hydrogen) atoms. The number of carboxylic acids is 1. The Bertz CT molecular complexity index is 965. The lowest BCUT2D eigenvalue weighted by Crippen LogP contribution is -2.66. The lowest BCUT2D eigenvalue weighted by atomic mass is 9.33. The Balaban J connectivity index is 1.62. The molecule has 9 atom stereocenters. The van der Waals surface area contributed by atoms with E-state index >= 15 is 0 Å². The number of aliphatic carboxylic acids is 1. The van der Waals surface area contributed by atoms with Gasteiger partial charge in [-0.1, -0.05) is 47.1 Å². The lowest BCUT2D eigenvalue weighted by Gasteiger charge is -2.70. The molecule has 5 rings (SSSR count). The van der Waals surface area contributed by atoms with Crippen LogP contribution in [0.4, 0.5) is 0 Å². The second-order valence-electron chi connectivity index (χ2n) is 14.9. The van der Waals surface area contributed by atoms with Crippen LogP contribution in [0.25, 0.3) is 0 Å². The standard InChI is InChI=1S/C30H46O4/c1-25(2)21-8-11-30(7)23(28(21,5)10-9-22(25)32)20(31)16-18-19-17-27(4,24(33)34)13-12-26(19,3)14-15-29(18,30)6/h16,19,21-23,32H,8-15,17H2,1-7H3,(H,33,34)/t19-,21?,22-,23?,26+,27-,28-,29?,30+/m0/s1. The number of carbonyl (C=O) groups excluding carboxylic acids is 1. The van der Waals surface area contributed by atoms with Crippen molar-refractivity contribution >= 4 is 11.8 Å². The van der Waals surface area contributed by atoms with Gasteiger partial charge in [-0.2, -0.15) is 0 Å². The molecule has 5 aliphatic carbocycles. The number of aliphatic hydroxyl groups excluding tert-OH is 1. The van der Waals surface area contributed by atoms with E-state index in [0.717, 1.165) is 51.4 Å². The maximum Gasteiger partial charge on any atom is 0.309 e. The summed E-state index contributed by atoms with van der Waals surface area (Å²) in [7, 11) is 0. The molecule has 0 aromatic carbocycles. The number of allylic oxidation sites excluding steroid dienone is 2. The van der Waals surface area contributed by atoms with E-state index < -0.39 is 11.4 Å². The first-order valence-electron chi connectivity index (χ1n) is 13.7. The summed E-state index contributed by atoms with van der Waals surface area (Å²) in [5, 5.41) is 20.9. The Morgan fingerprint density at radius 2 is 1.56 bits per heavy atom. The highest BCUT2D eigenvalue weighted by Crippen LogP contribution is 2.75. The van der Waals surface area contributed by atoms with Crippen molar-refractivity contribution < 1.29 is 19.8 Å². The van der Waals surface area contributed by atoms with Gasteiger partial charge in [0.1, 0.15) is 0 Å². The van der Waals surface area contributed by atoms with Gasteiger partial charge in [-0.15, -0.1) is 0 Å². The van der Waals surface area contributed by atoms with Gasteiger partial charge in [-0.3, -0.25) is 9.59 Å². The Kier molecular flexibility index (Phi) is 5.04. The fourth-order valence-corrected chi connectivity index (χ4v) is 10.4. The topological polar surface area (TPSA) is 74.6 Å². The first-order chi connectivity index (χ1) is 15.6. The lowest BCUT2D eigenvalue weighted by molar-refractivity contribution is -0.202. The molecule has 0 bridgehead atoms. The molecular formula is C30H46O4. The fourth-order valence-electron chi connectivity index (χ4n) is 10.4. The summed E-state index contributed by atoms with van der Waals surface area (Å²) in [6.45, 7) is 15.8. The largest absolute Gasteiger partial charge is 0.481 e. The minimum Gasteiger partial charge on any atom is -0.481 e. The maximum absolute atomic E-state index is 14.2. The third-order valence-electron chi connectivity index (χ3n) is 13.1. The van der Waals surface area contributed by atoms with E-state index in [9.17, 15) is 19.8 Å². The van der Waals surface area contributed by atoms with Crippen molar-refractivity contribution in [2.24, 2.45) is 50.2 Å². The number of aliphatic hydroxyl groups is 1. The fraction of sp³-hybridized carbons (Fsp3) is 0.867. The van der Waals surface area contributed by atoms with E-state index in [2.05, 4.69) is 41.5 Å². The van der Waals surface area contributed by atoms with E-state index in [1.54, 1.807) is 0 Å². The Morgan fingerprint density at radius 3 is 2.21 bits per heavy atom. The van der Waals surface area contributed by atoms with Crippen LogP contribution in [0.5, 0.6) is 0 Å². The van der Waals surface area contributed by atoms with Crippen molar-refractivity contribution in [1.29, 1.82) is 0 Å². The van der Waals surface area contributed by atoms with Crippen molar-refractivity contribution in [3.8, 4) is 0 Å². The molecule has 0 aliphatic heterocycles. The molecule has 190 valence electrons. The molecule has 0 heterocycles. The summed E-state index contributed by atoms with van der Waals surface area (Å²) in [6.07, 6.45) is 9.95. The van der Waals surface area contributed by atoms with Crippen LogP contribution in [0.2, 0.25) is 0 Å². The molecule has 3 unspecified atom stereocenters. The average Bonchev–Trinajstić information content (AvgIpc) is 2.73. The molecule has 0 saturated heterocycles. The zero-order valence-corrected chi connectivity index (χ0v) is 22.5. The minimum atomic E-state index is -0.711. The van der Waals surface area contributed by atoms with Crippen LogP contribution in [0.1, 0.15) is 106 Å². The van der Waals surface area contributed by atoms with Gasteiger partial charge in [-0.25, -0.2) is 0 Å². The molecule has 0 amide bonds. The van der Waals surface area contributed by atoms with Crippen LogP contribution in [0.15, 0.2) is 11.6 Å². The van der Waals surface area contributed by atoms with E-state index in [-0.39, 0.29) is 50.8 Å². The van der Waals surface area contributed by atoms with Gasteiger partial charge in [-0.05, 0) is 110 Å². The van der Waals surface area contributed by atoms with Crippen molar-refractivity contribution in [2.75, 3.05) is 0 Å². The zero-order valence-electron chi connectivity index (χ0n) is 22.5. The summed E-state index contributed by atoms with van der Waals surface area (Å²) in [5.41, 5.74) is 0.142. The predicted octanol–water partition coefficient (Wildman–Crippen LogP) is 6.41. The van der Waals surface area contributed by atoms with Gasteiger partial charge in [0.2, 0.25) is 0 Å². The third-order valence-corrected chi connectivity index (χ3v) is 13.1. The molecule has 4 nitrogen and oxygen atoms in total. The van der Waals surface area contributed by atoms with E-state index in [0.29, 0.717) is 12.3 Å². The Hall–Kier alpha value is -1.16. The number of ketones is 1. The summed E-state index contributed by atoms with van der Waals surface area (Å²) in [4.78, 5) is 26.4. The number of fused-ring (bicyclic) bond motifs is 7. The summed E-state index contributed by atoms with van der Waals surface area (Å²) >= 11 is 0. The maximum atomic E-state index is 14.2. The average molecular weight is 471 g/mol. The van der Waals surface area contributed by atoms with Gasteiger partial charge < -0.3 is 10.2 Å². The van der Waals surface area contributed by atoms with Crippen molar-refractivity contribution in [1.82, 2.24) is 0 Å². The van der Waals surface area contributed by atoms with Crippen molar-refractivity contribution in [3.63, 3.8) is 0 Å². The molecule has 0 aromatic heterocycles. The van der Waals surface area contributed by atoms with Gasteiger partial charge in [0, 0.05) is 5.92 Å². The second kappa shape index (κ2) is 6.99. The first kappa shape index (κ1) is 24.5. The molecular weight excluding hydrogens is 424 g/mol. The normalized spacial score (nSPS) is 54.1. The molecule has 0 radical (unpaired) electrons. The molecule has 2 N–H and O–H groups in total. The van der Waals surface area contributed by atoms with Crippen LogP contribution in [0.3, 0.4) is 0 Å². The van der Waals surface area contributed by atoms with Crippen LogP contribution >= 0.6 is 0 Å². The first-order valence-corrected chi connectivity index (χ1v) is 13.7. The van der Waals surface area contributed by atoms with Crippen molar-refractivity contribution in [3.05, 3.63) is 11.6 Å². The van der Waals surface area contributed by atoms with Crippen LogP contribution in [-0.4, -0.2) is 28.1 Å². The molecule has 5 aliphatic rings. The van der Waals surface area contributed by atoms with Crippen LogP contribution in [0, 0.1) is 50.2 Å². The SMILES string of the molecule is CC1(C)C2CC[C@]3(C)C(C(=O)C=C4[C@@H]5C[C@@](C)(C(=O)O)CC[C@]5(C)CCC43C)[C@@]2(C)CC[C@@H]1O. The second-order valence-corrected chi connectivity index (χ2v) is 14.9. The third kappa shape index (κ3) is 2.81. The van der Waals surface area contributed by atoms with Gasteiger partial charge >= 0.3 is 5.97 Å². The minimum absolute atomic E-state index is 0.0296. The van der Waals surface area contributed by atoms with Gasteiger partial charge in [0.25, 0.3) is 0 Å². The highest BCUT2D eigenvalue weighted by molar-refractivity contribution is 5.95. The quantitative estimate of drug-likeness (QED) is 0.464. The monoisotopic (exact) mass is 470 g/mol. The highest BCUT2D eigenvalue weighted by atomic mass is 16.4. The number of carboxylic acid groups (broad SMARTS) is 1. The van der Waals surface area contributed by atoms with E-state index in [4.69, 9.17) is 0 Å². The number of carbonyl (C=O) groups is 2. The number of rotatable bonds is 1.